The van der Waals surface area contributed by atoms with Crippen LogP contribution in [0.1, 0.15) is 0 Å². The van der Waals surface area contributed by atoms with Crippen molar-refractivity contribution in [2.24, 2.45) is 0 Å². The fourth-order valence-electron chi connectivity index (χ4n) is 0. The highest BCUT2D eigenvalue weighted by molar-refractivity contribution is 7.74. The lowest BCUT2D eigenvalue weighted by atomic mass is 10.8. The molecule has 7 heteroatoms. The van der Waals surface area contributed by atoms with E-state index in [-0.39, 0.29) is 19.4 Å². The van der Waals surface area contributed by atoms with E-state index in [0.29, 0.717) is 0 Å². The molecule has 0 aliphatic rings. The predicted molar refractivity (Wildman–Crippen MR) is 37.0 cm³/mol. The van der Waals surface area contributed by atoms with Crippen LogP contribution in [0.25, 0.3) is 0 Å². The lowest BCUT2D eigenvalue weighted by Gasteiger charge is -1.76. The molecule has 0 spiro atoms. The Balaban J connectivity index is -0.0000000910. The van der Waals surface area contributed by atoms with E-state index in [4.69, 9.17) is 14.8 Å². The third-order valence-corrected chi connectivity index (χ3v) is 0.528. The Morgan fingerprint density at radius 2 is 1.60 bits per heavy atom. The SMILES string of the molecule is COS(=O)O.N.OCCO. The molecule has 1 atom stereocenters. The van der Waals surface area contributed by atoms with Gasteiger partial charge in [0.15, 0.2) is 0 Å². The molecule has 0 aromatic heterocycles. The van der Waals surface area contributed by atoms with Crippen molar-refractivity contribution in [1.82, 2.24) is 6.15 Å². The number of hydrogen-bond donors (Lipinski definition) is 4. The summed E-state index contributed by atoms with van der Waals surface area (Å²) in [7, 11) is 1.15. The Labute approximate surface area is 61.9 Å². The summed E-state index contributed by atoms with van der Waals surface area (Å²) in [5, 5.41) is 15.2. The third kappa shape index (κ3) is 44.1. The van der Waals surface area contributed by atoms with E-state index >= 15 is 0 Å². The van der Waals surface area contributed by atoms with E-state index in [0.717, 1.165) is 7.11 Å². The molecule has 0 aliphatic heterocycles. The first-order chi connectivity index (χ1) is 4.18. The summed E-state index contributed by atoms with van der Waals surface area (Å²) in [6, 6.07) is 0. The van der Waals surface area contributed by atoms with Gasteiger partial charge in [-0.25, -0.2) is 0 Å². The molecule has 1 unspecified atom stereocenters. The second kappa shape index (κ2) is 16.0. The second-order valence-corrected chi connectivity index (χ2v) is 1.60. The standard InChI is InChI=1S/C2H6O2.CH4O3S.H3N/c3-1-2-4;1-4-5(2)3;/h3-4H,1-2H2;1H3,(H,2,3);1H3. The fraction of sp³-hybridized carbons (Fsp3) is 1.00. The zero-order chi connectivity index (χ0) is 7.70. The van der Waals surface area contributed by atoms with E-state index in [1.54, 1.807) is 0 Å². The summed E-state index contributed by atoms with van der Waals surface area (Å²) in [5.74, 6) is 0. The minimum absolute atomic E-state index is 0. The van der Waals surface area contributed by atoms with Gasteiger partial charge < -0.3 is 16.4 Å². The van der Waals surface area contributed by atoms with Gasteiger partial charge in [0.25, 0.3) is 0 Å². The fourth-order valence-corrected chi connectivity index (χ4v) is 0. The lowest BCUT2D eigenvalue weighted by Crippen LogP contribution is -1.85. The van der Waals surface area contributed by atoms with E-state index in [2.05, 4.69) is 4.18 Å². The number of hydrogen-bond acceptors (Lipinski definition) is 5. The van der Waals surface area contributed by atoms with Crippen molar-refractivity contribution in [2.45, 2.75) is 0 Å². The monoisotopic (exact) mass is 175 g/mol. The summed E-state index contributed by atoms with van der Waals surface area (Å²) in [6.45, 7) is -0.250. The first-order valence-electron chi connectivity index (χ1n) is 2.06. The Morgan fingerprint density at radius 1 is 1.40 bits per heavy atom. The van der Waals surface area contributed by atoms with Crippen LogP contribution in [-0.2, 0) is 15.5 Å². The van der Waals surface area contributed by atoms with Crippen molar-refractivity contribution in [3.63, 3.8) is 0 Å². The molecular weight excluding hydrogens is 162 g/mol. The van der Waals surface area contributed by atoms with Crippen molar-refractivity contribution in [2.75, 3.05) is 20.3 Å². The maximum absolute atomic E-state index is 9.26. The Hall–Kier alpha value is -0.0500. The van der Waals surface area contributed by atoms with Crippen LogP contribution in [0.4, 0.5) is 0 Å². The summed E-state index contributed by atoms with van der Waals surface area (Å²) >= 11 is -2.07. The third-order valence-electron chi connectivity index (χ3n) is 0.243. The van der Waals surface area contributed by atoms with E-state index in [9.17, 15) is 4.21 Å². The number of aliphatic hydroxyl groups excluding tert-OH is 2. The molecule has 0 radical (unpaired) electrons. The van der Waals surface area contributed by atoms with Crippen molar-refractivity contribution in [3.05, 3.63) is 0 Å². The van der Waals surface area contributed by atoms with Crippen LogP contribution in [0.3, 0.4) is 0 Å². The van der Waals surface area contributed by atoms with E-state index < -0.39 is 11.4 Å². The average molecular weight is 175 g/mol. The van der Waals surface area contributed by atoms with Crippen molar-refractivity contribution in [1.29, 1.82) is 0 Å². The maximum atomic E-state index is 9.26. The molecule has 6 N–H and O–H groups in total. The quantitative estimate of drug-likeness (QED) is 0.395. The van der Waals surface area contributed by atoms with Gasteiger partial charge in [0, 0.05) is 0 Å². The lowest BCUT2D eigenvalue weighted by molar-refractivity contribution is 0.186. The molecule has 6 nitrogen and oxygen atoms in total. The molecular formula is C3H13NO5S. The normalized spacial score (nSPS) is 10.4. The van der Waals surface area contributed by atoms with Gasteiger partial charge in [-0.1, -0.05) is 0 Å². The molecule has 0 saturated carbocycles. The molecule has 0 bridgehead atoms. The number of aliphatic hydroxyl groups is 2. The van der Waals surface area contributed by atoms with Crippen molar-refractivity contribution in [3.8, 4) is 0 Å². The molecule has 0 aromatic rings. The van der Waals surface area contributed by atoms with Gasteiger partial charge in [0.1, 0.15) is 0 Å². The van der Waals surface area contributed by atoms with Gasteiger partial charge in [-0.2, -0.15) is 4.21 Å². The highest BCUT2D eigenvalue weighted by Gasteiger charge is 1.75. The first-order valence-corrected chi connectivity index (χ1v) is 3.09. The van der Waals surface area contributed by atoms with Crippen LogP contribution in [-0.4, -0.2) is 39.3 Å². The van der Waals surface area contributed by atoms with Crippen molar-refractivity contribution >= 4 is 11.4 Å². The van der Waals surface area contributed by atoms with Crippen molar-refractivity contribution < 1.29 is 23.2 Å². The maximum Gasteiger partial charge on any atom is 0.301 e. The van der Waals surface area contributed by atoms with Gasteiger partial charge in [0.05, 0.1) is 20.3 Å². The summed E-state index contributed by atoms with van der Waals surface area (Å²) in [4.78, 5) is 0. The van der Waals surface area contributed by atoms with Gasteiger partial charge >= 0.3 is 11.4 Å². The van der Waals surface area contributed by atoms with Gasteiger partial charge in [0.2, 0.25) is 0 Å². The van der Waals surface area contributed by atoms with Crippen LogP contribution in [0.5, 0.6) is 0 Å². The molecule has 0 amide bonds. The minimum Gasteiger partial charge on any atom is -0.394 e. The first kappa shape index (κ1) is 16.5. The number of rotatable bonds is 2. The second-order valence-electron chi connectivity index (χ2n) is 0.831. The predicted octanol–water partition coefficient (Wildman–Crippen LogP) is -1.10. The summed E-state index contributed by atoms with van der Waals surface area (Å²) in [5.41, 5.74) is 0. The average Bonchev–Trinajstić information content (AvgIpc) is 1.89. The van der Waals surface area contributed by atoms with Crippen LogP contribution >= 0.6 is 0 Å². The molecule has 0 saturated heterocycles. The Bertz CT molecular complexity index is 67.9. The van der Waals surface area contributed by atoms with Gasteiger partial charge in [-0.3, -0.25) is 8.74 Å². The zero-order valence-electron chi connectivity index (χ0n) is 5.69. The summed E-state index contributed by atoms with van der Waals surface area (Å²) < 4.78 is 20.6. The molecule has 0 aliphatic carbocycles. The molecule has 0 rings (SSSR count). The van der Waals surface area contributed by atoms with Crippen LogP contribution in [0, 0.1) is 0 Å². The molecule has 0 aromatic carbocycles. The smallest absolute Gasteiger partial charge is 0.301 e. The Kier molecular flexibility index (Phi) is 26.4. The molecule has 0 fully saturated rings. The Morgan fingerprint density at radius 3 is 1.60 bits per heavy atom. The highest BCUT2D eigenvalue weighted by atomic mass is 32.2. The summed E-state index contributed by atoms with van der Waals surface area (Å²) in [6.07, 6.45) is 0. The largest absolute Gasteiger partial charge is 0.394 e. The molecule has 10 heavy (non-hydrogen) atoms. The van der Waals surface area contributed by atoms with E-state index in [1.807, 2.05) is 0 Å². The van der Waals surface area contributed by atoms with Gasteiger partial charge in [-0.05, 0) is 0 Å². The molecule has 66 valence electrons. The van der Waals surface area contributed by atoms with Crippen LogP contribution in [0.15, 0.2) is 0 Å². The van der Waals surface area contributed by atoms with Gasteiger partial charge in [-0.15, -0.1) is 0 Å². The van der Waals surface area contributed by atoms with Crippen LogP contribution in [0.2, 0.25) is 0 Å². The topological polar surface area (TPSA) is 122 Å². The van der Waals surface area contributed by atoms with E-state index in [1.165, 1.54) is 0 Å². The minimum atomic E-state index is -2.07. The highest BCUT2D eigenvalue weighted by Crippen LogP contribution is 1.64. The zero-order valence-corrected chi connectivity index (χ0v) is 6.50. The van der Waals surface area contributed by atoms with Crippen LogP contribution < -0.4 is 6.15 Å². The molecule has 0 heterocycles.